The van der Waals surface area contributed by atoms with Crippen LogP contribution >= 0.6 is 0 Å². The van der Waals surface area contributed by atoms with E-state index in [1.807, 2.05) is 5.20 Å². The zero-order valence-corrected chi connectivity index (χ0v) is 25.2. The van der Waals surface area contributed by atoms with Crippen LogP contribution in [0, 0.1) is 0 Å². The molecule has 0 bridgehead atoms. The zero-order chi connectivity index (χ0) is 20.9. The molecule has 0 unspecified atom stereocenters. The molecule has 160 valence electrons. The molecule has 0 aliphatic carbocycles. The Balaban J connectivity index is 3.03. The summed E-state index contributed by atoms with van der Waals surface area (Å²) in [5, 5.41) is 3.34. The molecular weight excluding hydrogens is 526 g/mol. The van der Waals surface area contributed by atoms with E-state index in [2.05, 4.69) is 74.8 Å². The van der Waals surface area contributed by atoms with Crippen molar-refractivity contribution < 1.29 is 0 Å². The first kappa shape index (κ1) is 26.5. The van der Waals surface area contributed by atoms with E-state index in [4.69, 9.17) is 0 Å². The summed E-state index contributed by atoms with van der Waals surface area (Å²) in [5.74, 6) is 0. The molecule has 0 aromatic heterocycles. The first-order valence-electron chi connectivity index (χ1n) is 11.8. The number of benzene rings is 1. The molecule has 0 N–H and O–H groups in total. The molecule has 0 atom stereocenters. The van der Waals surface area contributed by atoms with Crippen LogP contribution in [-0.2, 0) is 0 Å². The van der Waals surface area contributed by atoms with Crippen LogP contribution in [0.3, 0.4) is 0 Å². The van der Waals surface area contributed by atoms with Gasteiger partial charge in [-0.05, 0) is 0 Å². The molecule has 1 aromatic carbocycles. The topological polar surface area (TPSA) is 0 Å². The van der Waals surface area contributed by atoms with Crippen LogP contribution < -0.4 is 4.46 Å². The second kappa shape index (κ2) is 14.5. The molecule has 1 aromatic rings. The summed E-state index contributed by atoms with van der Waals surface area (Å²) in [7, 11) is -1.23. The van der Waals surface area contributed by atoms with Gasteiger partial charge in [0.25, 0.3) is 0 Å². The number of hydrogen-bond acceptors (Lipinski definition) is 0. The quantitative estimate of drug-likeness (QED) is 0.187. The average Bonchev–Trinajstić information content (AvgIpc) is 2.68. The van der Waals surface area contributed by atoms with Gasteiger partial charge < -0.3 is 0 Å². The van der Waals surface area contributed by atoms with Gasteiger partial charge in [0.2, 0.25) is 0 Å². The summed E-state index contributed by atoms with van der Waals surface area (Å²) in [6.07, 6.45) is 9.96. The van der Waals surface area contributed by atoms with Crippen molar-refractivity contribution in [3.63, 3.8) is 0 Å². The second-order valence-electron chi connectivity index (χ2n) is 9.50. The molecule has 0 amide bonds. The van der Waals surface area contributed by atoms with Crippen molar-refractivity contribution in [3.8, 4) is 0 Å². The molecule has 0 heterocycles. The minimum absolute atomic E-state index is 0.633. The Morgan fingerprint density at radius 2 is 1.36 bits per heavy atom. The maximum absolute atomic E-state index is 3.07. The fourth-order valence-electron chi connectivity index (χ4n) is 4.01. The van der Waals surface area contributed by atoms with E-state index in [0.717, 1.165) is 0 Å². The summed E-state index contributed by atoms with van der Waals surface area (Å²) in [6, 6.07) is 11.2. The third-order valence-electron chi connectivity index (χ3n) is 5.91. The molecule has 0 aliphatic rings. The van der Waals surface area contributed by atoms with E-state index in [1.165, 1.54) is 50.3 Å². The Bertz CT molecular complexity index is 526. The summed E-state index contributed by atoms with van der Waals surface area (Å²) in [4.78, 5) is 0. The number of unbranched alkanes of at least 4 members (excludes halogenated alkanes) is 3. The van der Waals surface area contributed by atoms with Gasteiger partial charge in [-0.15, -0.1) is 0 Å². The molecule has 0 aliphatic heterocycles. The monoisotopic (exact) mass is 574 g/mol. The third kappa shape index (κ3) is 10.5. The Hall–Kier alpha value is 0.495. The molecule has 0 saturated heterocycles. The van der Waals surface area contributed by atoms with Gasteiger partial charge in [-0.2, -0.15) is 0 Å². The van der Waals surface area contributed by atoms with Crippen LogP contribution in [0.15, 0.2) is 39.6 Å². The van der Waals surface area contributed by atoms with Gasteiger partial charge in [-0.25, -0.2) is 0 Å². The summed E-state index contributed by atoms with van der Waals surface area (Å²) >= 11 is -1.54. The molecule has 0 nitrogen and oxygen atoms in total. The Labute approximate surface area is 188 Å². The molecule has 0 fully saturated rings. The summed E-state index contributed by atoms with van der Waals surface area (Å²) in [5.41, 5.74) is 0. The molecule has 0 saturated carbocycles. The van der Waals surface area contributed by atoms with Gasteiger partial charge >= 0.3 is 189 Å². The van der Waals surface area contributed by atoms with E-state index < -0.39 is 26.5 Å². The van der Waals surface area contributed by atoms with Crippen molar-refractivity contribution in [2.75, 3.05) is 0 Å². The van der Waals surface area contributed by atoms with Gasteiger partial charge in [0.1, 0.15) is 0 Å². The molecule has 0 spiro atoms. The molecule has 28 heavy (non-hydrogen) atoms. The van der Waals surface area contributed by atoms with Gasteiger partial charge in [-0.3, -0.25) is 0 Å². The number of allylic oxidation sites excluding steroid dienone is 1. The van der Waals surface area contributed by atoms with Gasteiger partial charge in [-0.1, -0.05) is 0 Å². The number of hydrogen-bond donors (Lipinski definition) is 0. The Kier molecular flexibility index (Phi) is 13.7. The van der Waals surface area contributed by atoms with Crippen LogP contribution in [-0.4, -0.2) is 41.4 Å². The van der Waals surface area contributed by atoms with Crippen LogP contribution in [0.2, 0.25) is 38.3 Å². The van der Waals surface area contributed by atoms with Gasteiger partial charge in [0.15, 0.2) is 0 Å². The first-order valence-corrected chi connectivity index (χ1v) is 25.0. The van der Waals surface area contributed by atoms with E-state index >= 15 is 0 Å². The standard InChI is InChI=1S/C13H19SeSi.3C4H9.Sn/c1-12(15(2,3)4)10-11-14-13-8-6-5-7-9-13;3*1-3-4-2;/h1,5-9H,10-11H2,2-4H3;3*1,3-4H2,2H3;. The average molecular weight is 572 g/mol. The first-order chi connectivity index (χ1) is 13.4. The zero-order valence-electron chi connectivity index (χ0n) is 19.7. The minimum atomic E-state index is -2.18. The molecule has 1 rings (SSSR count). The Morgan fingerprint density at radius 3 is 1.79 bits per heavy atom. The fraction of sp³-hybridized carbons (Fsp3) is 0.680. The normalized spacial score (nSPS) is 13.1. The summed E-state index contributed by atoms with van der Waals surface area (Å²) < 4.78 is 9.49. The van der Waals surface area contributed by atoms with E-state index in [9.17, 15) is 0 Å². The van der Waals surface area contributed by atoms with Crippen LogP contribution in [0.25, 0.3) is 0 Å². The molecule has 0 radical (unpaired) electrons. The molecular formula is C25H46SeSiSn. The molecule has 3 heteroatoms. The Morgan fingerprint density at radius 1 is 0.857 bits per heavy atom. The van der Waals surface area contributed by atoms with E-state index in [-0.39, 0.29) is 0 Å². The van der Waals surface area contributed by atoms with Gasteiger partial charge in [0.05, 0.1) is 0 Å². The van der Waals surface area contributed by atoms with Crippen molar-refractivity contribution in [1.29, 1.82) is 0 Å². The van der Waals surface area contributed by atoms with E-state index in [0.29, 0.717) is 15.0 Å². The number of rotatable bonds is 15. The van der Waals surface area contributed by atoms with Crippen molar-refractivity contribution in [2.45, 2.75) is 104 Å². The predicted molar refractivity (Wildman–Crippen MR) is 138 cm³/mol. The maximum atomic E-state index is 3.07. The van der Waals surface area contributed by atoms with Crippen molar-refractivity contribution in [3.05, 3.63) is 39.6 Å². The van der Waals surface area contributed by atoms with Gasteiger partial charge in [0, 0.05) is 0 Å². The predicted octanol–water partition coefficient (Wildman–Crippen LogP) is 8.02. The van der Waals surface area contributed by atoms with Crippen LogP contribution in [0.1, 0.15) is 65.7 Å². The second-order valence-corrected chi connectivity index (χ2v) is 30.0. The van der Waals surface area contributed by atoms with Crippen molar-refractivity contribution >= 4 is 45.9 Å². The van der Waals surface area contributed by atoms with Crippen molar-refractivity contribution in [1.82, 2.24) is 0 Å². The fourth-order valence-corrected chi connectivity index (χ4v) is 28.3. The third-order valence-corrected chi connectivity index (χ3v) is 25.5. The SMILES string of the molecule is CCC[CH2][Sn](/[CH]=C(\CC[Se]c1ccccc1)[Si](C)(C)C)([CH2]CCC)[CH2]CCC. The van der Waals surface area contributed by atoms with E-state index in [1.54, 1.807) is 17.8 Å². The summed E-state index contributed by atoms with van der Waals surface area (Å²) in [6.45, 7) is 15.0. The van der Waals surface area contributed by atoms with Crippen LogP contribution in [0.4, 0.5) is 0 Å². The van der Waals surface area contributed by atoms with Crippen molar-refractivity contribution in [2.24, 2.45) is 0 Å². The van der Waals surface area contributed by atoms with Crippen LogP contribution in [0.5, 0.6) is 0 Å².